The van der Waals surface area contributed by atoms with Gasteiger partial charge in [0.05, 0.1) is 11.4 Å². The molecule has 0 aliphatic carbocycles. The Morgan fingerprint density at radius 2 is 1.86 bits per heavy atom. The van der Waals surface area contributed by atoms with Crippen LogP contribution in [0.1, 0.15) is 12.0 Å². The second-order valence-corrected chi connectivity index (χ2v) is 9.54. The molecule has 2 aromatic carbocycles. The molecule has 150 valence electrons. The lowest BCUT2D eigenvalue weighted by Crippen LogP contribution is -2.16. The van der Waals surface area contributed by atoms with E-state index in [0.29, 0.717) is 17.3 Å². The Bertz CT molecular complexity index is 1260. The van der Waals surface area contributed by atoms with E-state index >= 15 is 0 Å². The van der Waals surface area contributed by atoms with Gasteiger partial charge in [0, 0.05) is 28.4 Å². The molecule has 0 saturated carbocycles. The third kappa shape index (κ3) is 4.21. The number of primary sulfonamides is 1. The number of benzene rings is 2. The Morgan fingerprint density at radius 3 is 2.66 bits per heavy atom. The summed E-state index contributed by atoms with van der Waals surface area (Å²) < 4.78 is 24.4. The maximum absolute atomic E-state index is 11.2. The highest BCUT2D eigenvalue weighted by Gasteiger charge is 2.19. The molecule has 9 heteroatoms. The van der Waals surface area contributed by atoms with Gasteiger partial charge in [0.15, 0.2) is 11.0 Å². The molecule has 4 rings (SSSR count). The number of aryl methyl sites for hydroxylation is 1. The second kappa shape index (κ2) is 8.02. The van der Waals surface area contributed by atoms with Gasteiger partial charge < -0.3 is 4.98 Å². The van der Waals surface area contributed by atoms with Crippen LogP contribution in [0.4, 0.5) is 0 Å². The van der Waals surface area contributed by atoms with E-state index in [0.717, 1.165) is 33.5 Å². The van der Waals surface area contributed by atoms with E-state index in [4.69, 9.17) is 5.14 Å². The third-order valence-electron chi connectivity index (χ3n) is 4.62. The normalized spacial score (nSPS) is 11.9. The van der Waals surface area contributed by atoms with E-state index in [-0.39, 0.29) is 5.75 Å². The van der Waals surface area contributed by atoms with Gasteiger partial charge >= 0.3 is 0 Å². The first-order chi connectivity index (χ1) is 13.9. The highest BCUT2D eigenvalue weighted by atomic mass is 32.2. The summed E-state index contributed by atoms with van der Waals surface area (Å²) in [6, 6.07) is 16.1. The van der Waals surface area contributed by atoms with Crippen LogP contribution >= 0.6 is 11.8 Å². The molecule has 0 bridgehead atoms. The number of nitrogens with two attached hydrogens (primary N) is 1. The molecule has 0 aliphatic heterocycles. The Labute approximate surface area is 173 Å². The molecule has 3 N–H and O–H groups in total. The van der Waals surface area contributed by atoms with Gasteiger partial charge in [-0.05, 0) is 31.0 Å². The van der Waals surface area contributed by atoms with Gasteiger partial charge in [-0.25, -0.2) is 13.6 Å². The zero-order chi connectivity index (χ0) is 20.4. The smallest absolute Gasteiger partial charge is 0.209 e. The Hall–Kier alpha value is -2.62. The summed E-state index contributed by atoms with van der Waals surface area (Å²) >= 11 is 1.47. The summed E-state index contributed by atoms with van der Waals surface area (Å²) in [5.74, 6) is 1.27. The zero-order valence-corrected chi connectivity index (χ0v) is 17.5. The number of hydrogen-bond donors (Lipinski definition) is 2. The molecule has 2 aromatic heterocycles. The van der Waals surface area contributed by atoms with Gasteiger partial charge in [-0.15, -0.1) is 10.2 Å². The number of thioether (sulfide) groups is 1. The number of aromatic nitrogens is 4. The van der Waals surface area contributed by atoms with Gasteiger partial charge in [-0.1, -0.05) is 48.2 Å². The molecule has 4 aromatic rings. The fourth-order valence-corrected chi connectivity index (χ4v) is 4.86. The number of H-pyrrole nitrogens is 1. The minimum absolute atomic E-state index is 0.0478. The number of rotatable bonds is 7. The first-order valence-electron chi connectivity index (χ1n) is 9.15. The predicted octanol–water partition coefficient (Wildman–Crippen LogP) is 3.49. The number of nitrogens with zero attached hydrogens (tertiary/aromatic N) is 3. The van der Waals surface area contributed by atoms with Crippen molar-refractivity contribution in [3.63, 3.8) is 0 Å². The summed E-state index contributed by atoms with van der Waals surface area (Å²) in [5, 5.41) is 15.8. The molecular formula is C20H21N5O2S2. The lowest BCUT2D eigenvalue weighted by atomic mass is 10.1. The molecule has 0 atom stereocenters. The van der Waals surface area contributed by atoms with Crippen molar-refractivity contribution in [3.05, 3.63) is 60.3 Å². The van der Waals surface area contributed by atoms with Crippen molar-refractivity contribution in [3.8, 4) is 17.1 Å². The Kier molecular flexibility index (Phi) is 5.44. The van der Waals surface area contributed by atoms with E-state index in [2.05, 4.69) is 21.2 Å². The minimum Gasteiger partial charge on any atom is -0.360 e. The van der Waals surface area contributed by atoms with Crippen LogP contribution < -0.4 is 5.14 Å². The van der Waals surface area contributed by atoms with E-state index in [1.54, 1.807) is 0 Å². The van der Waals surface area contributed by atoms with E-state index in [1.807, 2.05) is 60.2 Å². The van der Waals surface area contributed by atoms with Crippen molar-refractivity contribution >= 4 is 32.7 Å². The maximum Gasteiger partial charge on any atom is 0.209 e. The predicted molar refractivity (Wildman–Crippen MR) is 117 cm³/mol. The maximum atomic E-state index is 11.2. The molecule has 0 spiro atoms. The molecule has 7 nitrogen and oxygen atoms in total. The van der Waals surface area contributed by atoms with Crippen LogP contribution in [0.5, 0.6) is 0 Å². The molecule has 0 saturated heterocycles. The van der Waals surface area contributed by atoms with Crippen molar-refractivity contribution in [2.75, 3.05) is 11.5 Å². The highest BCUT2D eigenvalue weighted by molar-refractivity contribution is 7.99. The number of hydrogen-bond acceptors (Lipinski definition) is 5. The summed E-state index contributed by atoms with van der Waals surface area (Å²) in [6.45, 7) is 2.05. The average Bonchev–Trinajstić information content (AvgIpc) is 3.29. The minimum atomic E-state index is -3.46. The van der Waals surface area contributed by atoms with E-state index in [1.165, 1.54) is 11.8 Å². The van der Waals surface area contributed by atoms with Crippen LogP contribution in [0.25, 0.3) is 28.0 Å². The van der Waals surface area contributed by atoms with Crippen molar-refractivity contribution < 1.29 is 8.42 Å². The fourth-order valence-electron chi connectivity index (χ4n) is 3.25. The number of fused-ring (bicyclic) bond motifs is 1. The second-order valence-electron chi connectivity index (χ2n) is 6.75. The van der Waals surface area contributed by atoms with E-state index in [9.17, 15) is 8.42 Å². The highest BCUT2D eigenvalue weighted by Crippen LogP contribution is 2.33. The lowest BCUT2D eigenvalue weighted by Gasteiger charge is -2.12. The number of aromatic amines is 1. The van der Waals surface area contributed by atoms with Crippen LogP contribution in [0.3, 0.4) is 0 Å². The largest absolute Gasteiger partial charge is 0.360 e. The Morgan fingerprint density at radius 1 is 1.10 bits per heavy atom. The molecule has 0 aliphatic rings. The van der Waals surface area contributed by atoms with Crippen LogP contribution in [0.15, 0.2) is 59.9 Å². The quantitative estimate of drug-likeness (QED) is 0.347. The van der Waals surface area contributed by atoms with Crippen LogP contribution in [0, 0.1) is 6.92 Å². The van der Waals surface area contributed by atoms with Gasteiger partial charge in [0.25, 0.3) is 0 Å². The summed E-state index contributed by atoms with van der Waals surface area (Å²) in [6.07, 6.45) is 2.39. The van der Waals surface area contributed by atoms with Crippen LogP contribution in [-0.4, -0.2) is 39.7 Å². The zero-order valence-electron chi connectivity index (χ0n) is 15.9. The summed E-state index contributed by atoms with van der Waals surface area (Å²) in [5.41, 5.74) is 4.09. The molecular weight excluding hydrogens is 406 g/mol. The molecule has 0 amide bonds. The number of nitrogens with one attached hydrogen (secondary N) is 1. The Balaban J connectivity index is 1.76. The topological polar surface area (TPSA) is 107 Å². The molecule has 29 heavy (non-hydrogen) atoms. The SMILES string of the molecule is Cc1ccccc1-n1c(SCCCS(N)(=O)=O)nnc1-c1c[nH]c2ccccc12. The van der Waals surface area contributed by atoms with Gasteiger partial charge in [-0.3, -0.25) is 4.57 Å². The molecule has 0 radical (unpaired) electrons. The molecule has 0 unspecified atom stereocenters. The molecule has 0 fully saturated rings. The van der Waals surface area contributed by atoms with Gasteiger partial charge in [0.2, 0.25) is 10.0 Å². The number of sulfonamides is 1. The lowest BCUT2D eigenvalue weighted by molar-refractivity contribution is 0.596. The van der Waals surface area contributed by atoms with E-state index < -0.39 is 10.0 Å². The standard InChI is InChI=1S/C20H21N5O2S2/c1-14-7-2-5-10-18(14)25-19(16-13-22-17-9-4-3-8-15(16)17)23-24-20(25)28-11-6-12-29(21,26)27/h2-5,7-10,13,22H,6,11-12H2,1H3,(H2,21,26,27). The average molecular weight is 428 g/mol. The van der Waals surface area contributed by atoms with Crippen molar-refractivity contribution in [1.29, 1.82) is 0 Å². The van der Waals surface area contributed by atoms with Crippen molar-refractivity contribution in [2.45, 2.75) is 18.5 Å². The first-order valence-corrected chi connectivity index (χ1v) is 11.9. The third-order valence-corrected chi connectivity index (χ3v) is 6.50. The van der Waals surface area contributed by atoms with Crippen LogP contribution in [0.2, 0.25) is 0 Å². The van der Waals surface area contributed by atoms with Crippen molar-refractivity contribution in [2.24, 2.45) is 5.14 Å². The van der Waals surface area contributed by atoms with Crippen LogP contribution in [-0.2, 0) is 10.0 Å². The fraction of sp³-hybridized carbons (Fsp3) is 0.200. The summed E-state index contributed by atoms with van der Waals surface area (Å²) in [4.78, 5) is 3.29. The van der Waals surface area contributed by atoms with Gasteiger partial charge in [-0.2, -0.15) is 0 Å². The van der Waals surface area contributed by atoms with Crippen molar-refractivity contribution in [1.82, 2.24) is 19.7 Å². The summed E-state index contributed by atoms with van der Waals surface area (Å²) in [7, 11) is -3.46. The monoisotopic (exact) mass is 427 g/mol. The number of para-hydroxylation sites is 2. The first kappa shape index (κ1) is 19.7. The van der Waals surface area contributed by atoms with Gasteiger partial charge in [0.1, 0.15) is 0 Å². The molecule has 2 heterocycles.